The largest absolute Gasteiger partial charge is 0.322 e. The first-order valence-corrected chi connectivity index (χ1v) is 5.07. The predicted octanol–water partition coefficient (Wildman–Crippen LogP) is 2.90. The van der Waals surface area contributed by atoms with E-state index in [0.29, 0.717) is 5.92 Å². The zero-order chi connectivity index (χ0) is 10.3. The maximum Gasteiger partial charge on any atom is 0.127 e. The summed E-state index contributed by atoms with van der Waals surface area (Å²) < 4.78 is 13.6. The Labute approximate surface area is 84.1 Å². The maximum atomic E-state index is 13.6. The topological polar surface area (TPSA) is 26.0 Å². The maximum absolute atomic E-state index is 13.6. The second-order valence-electron chi connectivity index (χ2n) is 4.73. The molecule has 0 heterocycles. The van der Waals surface area contributed by atoms with Crippen molar-refractivity contribution in [3.63, 3.8) is 0 Å². The highest BCUT2D eigenvalue weighted by Gasteiger charge is 2.27. The molecule has 1 saturated carbocycles. The summed E-state index contributed by atoms with van der Waals surface area (Å²) in [5.41, 5.74) is 7.17. The van der Waals surface area contributed by atoms with Gasteiger partial charge in [0.05, 0.1) is 0 Å². The molecular formula is C12H16FN. The van der Waals surface area contributed by atoms with Gasteiger partial charge >= 0.3 is 0 Å². The minimum atomic E-state index is -0.455. The average molecular weight is 193 g/mol. The second kappa shape index (κ2) is 3.06. The normalized spacial score (nSPS) is 17.1. The van der Waals surface area contributed by atoms with Crippen LogP contribution in [-0.4, -0.2) is 0 Å². The van der Waals surface area contributed by atoms with Gasteiger partial charge in [-0.1, -0.05) is 12.1 Å². The van der Waals surface area contributed by atoms with Crippen LogP contribution in [0.5, 0.6) is 0 Å². The lowest BCUT2D eigenvalue weighted by molar-refractivity contribution is 0.540. The van der Waals surface area contributed by atoms with Gasteiger partial charge in [-0.05, 0) is 49.8 Å². The fourth-order valence-electron chi connectivity index (χ4n) is 1.65. The van der Waals surface area contributed by atoms with Crippen molar-refractivity contribution in [3.05, 3.63) is 35.1 Å². The third kappa shape index (κ3) is 1.80. The van der Waals surface area contributed by atoms with Crippen molar-refractivity contribution in [2.75, 3.05) is 0 Å². The molecule has 14 heavy (non-hydrogen) atoms. The van der Waals surface area contributed by atoms with Gasteiger partial charge in [0.25, 0.3) is 0 Å². The molecule has 0 saturated heterocycles. The van der Waals surface area contributed by atoms with E-state index in [-0.39, 0.29) is 5.82 Å². The molecule has 1 aromatic carbocycles. The number of halogens is 1. The van der Waals surface area contributed by atoms with Gasteiger partial charge in [-0.3, -0.25) is 0 Å². The predicted molar refractivity (Wildman–Crippen MR) is 55.6 cm³/mol. The van der Waals surface area contributed by atoms with Gasteiger partial charge < -0.3 is 5.73 Å². The molecule has 0 spiro atoms. The number of benzene rings is 1. The molecule has 0 radical (unpaired) electrons. The van der Waals surface area contributed by atoms with Crippen LogP contribution in [0.2, 0.25) is 0 Å². The second-order valence-corrected chi connectivity index (χ2v) is 4.73. The summed E-state index contributed by atoms with van der Waals surface area (Å²) in [6, 6.07) is 5.40. The van der Waals surface area contributed by atoms with Crippen LogP contribution in [0.15, 0.2) is 18.2 Å². The van der Waals surface area contributed by atoms with Crippen molar-refractivity contribution in [1.82, 2.24) is 0 Å². The zero-order valence-corrected chi connectivity index (χ0v) is 8.68. The molecule has 76 valence electrons. The molecule has 0 bridgehead atoms. The molecule has 0 aromatic heterocycles. The summed E-state index contributed by atoms with van der Waals surface area (Å²) in [5, 5.41) is 0. The number of nitrogens with two attached hydrogens (primary N) is 1. The Morgan fingerprint density at radius 2 is 2.00 bits per heavy atom. The van der Waals surface area contributed by atoms with E-state index in [9.17, 15) is 4.39 Å². The summed E-state index contributed by atoms with van der Waals surface area (Å²) in [4.78, 5) is 0. The van der Waals surface area contributed by atoms with Crippen LogP contribution in [-0.2, 0) is 5.54 Å². The highest BCUT2D eigenvalue weighted by Crippen LogP contribution is 2.41. The number of hydrogen-bond donors (Lipinski definition) is 1. The van der Waals surface area contributed by atoms with E-state index >= 15 is 0 Å². The van der Waals surface area contributed by atoms with Crippen molar-refractivity contribution in [3.8, 4) is 0 Å². The first-order chi connectivity index (χ1) is 6.48. The SMILES string of the molecule is CC(C)(N)c1ccc(C2CC2)c(F)c1. The van der Waals surface area contributed by atoms with Crippen LogP contribution >= 0.6 is 0 Å². The molecule has 2 N–H and O–H groups in total. The summed E-state index contributed by atoms with van der Waals surface area (Å²) >= 11 is 0. The van der Waals surface area contributed by atoms with Crippen LogP contribution < -0.4 is 5.73 Å². The van der Waals surface area contributed by atoms with E-state index in [1.165, 1.54) is 0 Å². The molecule has 0 amide bonds. The average Bonchev–Trinajstić information content (AvgIpc) is 2.85. The lowest BCUT2D eigenvalue weighted by Crippen LogP contribution is -2.28. The Bertz CT molecular complexity index is 348. The minimum absolute atomic E-state index is 0.0940. The van der Waals surface area contributed by atoms with Crippen molar-refractivity contribution in [2.24, 2.45) is 5.73 Å². The molecule has 0 aliphatic heterocycles. The fourth-order valence-corrected chi connectivity index (χ4v) is 1.65. The third-order valence-electron chi connectivity index (χ3n) is 2.76. The highest BCUT2D eigenvalue weighted by atomic mass is 19.1. The molecule has 0 atom stereocenters. The molecule has 0 unspecified atom stereocenters. The van der Waals surface area contributed by atoms with E-state index in [1.807, 2.05) is 26.0 Å². The molecular weight excluding hydrogens is 177 g/mol. The highest BCUT2D eigenvalue weighted by molar-refractivity contribution is 5.32. The Kier molecular flexibility index (Phi) is 2.11. The quantitative estimate of drug-likeness (QED) is 0.767. The van der Waals surface area contributed by atoms with Crippen LogP contribution in [0.1, 0.15) is 43.7 Å². The van der Waals surface area contributed by atoms with Gasteiger partial charge in [0.15, 0.2) is 0 Å². The van der Waals surface area contributed by atoms with Crippen LogP contribution in [0.4, 0.5) is 4.39 Å². The Balaban J connectivity index is 2.35. The van der Waals surface area contributed by atoms with E-state index in [4.69, 9.17) is 5.73 Å². The first kappa shape index (κ1) is 9.66. The van der Waals surface area contributed by atoms with E-state index in [1.54, 1.807) is 6.07 Å². The van der Waals surface area contributed by atoms with Crippen molar-refractivity contribution < 1.29 is 4.39 Å². The molecule has 2 rings (SSSR count). The van der Waals surface area contributed by atoms with Gasteiger partial charge in [0.1, 0.15) is 5.82 Å². The fraction of sp³-hybridized carbons (Fsp3) is 0.500. The van der Waals surface area contributed by atoms with E-state index in [2.05, 4.69) is 0 Å². The zero-order valence-electron chi connectivity index (χ0n) is 8.68. The van der Waals surface area contributed by atoms with Crippen molar-refractivity contribution in [2.45, 2.75) is 38.1 Å². The van der Waals surface area contributed by atoms with Crippen LogP contribution in [0.3, 0.4) is 0 Å². The summed E-state index contributed by atoms with van der Waals surface area (Å²) in [7, 11) is 0. The lowest BCUT2D eigenvalue weighted by atomic mass is 9.94. The smallest absolute Gasteiger partial charge is 0.127 e. The number of hydrogen-bond acceptors (Lipinski definition) is 1. The minimum Gasteiger partial charge on any atom is -0.322 e. The Morgan fingerprint density at radius 1 is 1.36 bits per heavy atom. The van der Waals surface area contributed by atoms with Crippen molar-refractivity contribution >= 4 is 0 Å². The molecule has 1 nitrogen and oxygen atoms in total. The third-order valence-corrected chi connectivity index (χ3v) is 2.76. The van der Waals surface area contributed by atoms with Gasteiger partial charge in [0.2, 0.25) is 0 Å². The van der Waals surface area contributed by atoms with Crippen LogP contribution in [0, 0.1) is 5.82 Å². The molecule has 1 aromatic rings. The molecule has 1 aliphatic carbocycles. The lowest BCUT2D eigenvalue weighted by Gasteiger charge is -2.19. The standard InChI is InChI=1S/C12H16FN/c1-12(2,14)9-5-6-10(8-3-4-8)11(13)7-9/h5-8H,3-4,14H2,1-2H3. The summed E-state index contributed by atoms with van der Waals surface area (Å²) in [5.74, 6) is 0.369. The van der Waals surface area contributed by atoms with Gasteiger partial charge in [-0.2, -0.15) is 0 Å². The van der Waals surface area contributed by atoms with Crippen LogP contribution in [0.25, 0.3) is 0 Å². The van der Waals surface area contributed by atoms with Gasteiger partial charge in [-0.15, -0.1) is 0 Å². The first-order valence-electron chi connectivity index (χ1n) is 5.07. The van der Waals surface area contributed by atoms with Gasteiger partial charge in [-0.25, -0.2) is 4.39 Å². The molecule has 1 aliphatic rings. The Morgan fingerprint density at radius 3 is 2.43 bits per heavy atom. The molecule has 2 heteroatoms. The monoisotopic (exact) mass is 193 g/mol. The van der Waals surface area contributed by atoms with E-state index in [0.717, 1.165) is 24.0 Å². The Hall–Kier alpha value is -0.890. The summed E-state index contributed by atoms with van der Waals surface area (Å²) in [6.45, 7) is 3.77. The summed E-state index contributed by atoms with van der Waals surface area (Å²) in [6.07, 6.45) is 2.25. The number of rotatable bonds is 2. The van der Waals surface area contributed by atoms with E-state index < -0.39 is 5.54 Å². The molecule has 1 fully saturated rings. The van der Waals surface area contributed by atoms with Gasteiger partial charge in [0, 0.05) is 5.54 Å². The van der Waals surface area contributed by atoms with Crippen molar-refractivity contribution in [1.29, 1.82) is 0 Å².